The van der Waals surface area contributed by atoms with Crippen molar-refractivity contribution in [3.05, 3.63) is 172 Å². The maximum atomic E-state index is 13.6. The minimum absolute atomic E-state index is 0.0401. The maximum Gasteiger partial charge on any atom is 0.408 e. The van der Waals surface area contributed by atoms with Crippen molar-refractivity contribution < 1.29 is 23.9 Å². The molecule has 0 radical (unpaired) electrons. The van der Waals surface area contributed by atoms with Crippen LogP contribution < -0.4 is 21.1 Å². The molecule has 0 aliphatic carbocycles. The van der Waals surface area contributed by atoms with Gasteiger partial charge in [-0.2, -0.15) is 0 Å². The Morgan fingerprint density at radius 2 is 1.38 bits per heavy atom. The van der Waals surface area contributed by atoms with E-state index in [2.05, 4.69) is 27.8 Å². The second-order valence-electron chi connectivity index (χ2n) is 11.4. The van der Waals surface area contributed by atoms with Gasteiger partial charge in [-0.15, -0.1) is 0 Å². The average molecular weight is 640 g/mol. The highest BCUT2D eigenvalue weighted by Crippen LogP contribution is 2.16. The van der Waals surface area contributed by atoms with Gasteiger partial charge < -0.3 is 20.1 Å². The van der Waals surface area contributed by atoms with Gasteiger partial charge in [0.15, 0.2) is 0 Å². The molecule has 48 heavy (non-hydrogen) atoms. The monoisotopic (exact) mass is 639 g/mol. The molecule has 1 aromatic heterocycles. The van der Waals surface area contributed by atoms with Gasteiger partial charge in [-0.05, 0) is 63.9 Å². The molecule has 242 valence electrons. The summed E-state index contributed by atoms with van der Waals surface area (Å²) in [6.07, 6.45) is 6.58. The molecule has 5 rings (SSSR count). The van der Waals surface area contributed by atoms with Gasteiger partial charge in [0, 0.05) is 18.8 Å². The quantitative estimate of drug-likeness (QED) is 0.148. The fourth-order valence-electron chi connectivity index (χ4n) is 5.08. The number of nitrogens with zero attached hydrogens (tertiary/aromatic N) is 1. The van der Waals surface area contributed by atoms with E-state index >= 15 is 0 Å². The zero-order valence-corrected chi connectivity index (χ0v) is 26.7. The predicted octanol–water partition coefficient (Wildman–Crippen LogP) is 4.94. The van der Waals surface area contributed by atoms with E-state index in [4.69, 9.17) is 9.47 Å². The normalized spacial score (nSPS) is 12.9. The molecule has 8 nitrogen and oxygen atoms in total. The number of pyridine rings is 1. The first-order chi connectivity index (χ1) is 23.4. The third kappa shape index (κ3) is 9.74. The Kier molecular flexibility index (Phi) is 11.5. The van der Waals surface area contributed by atoms with Crippen LogP contribution in [-0.2, 0) is 27.3 Å². The van der Waals surface area contributed by atoms with Crippen LogP contribution in [0.4, 0.5) is 4.79 Å². The first-order valence-corrected chi connectivity index (χ1v) is 15.6. The number of nitrogens with one attached hydrogen (secondary N) is 2. The summed E-state index contributed by atoms with van der Waals surface area (Å²) in [4.78, 5) is 43.0. The Labute approximate surface area is 279 Å². The van der Waals surface area contributed by atoms with Gasteiger partial charge in [0.1, 0.15) is 18.8 Å². The predicted molar refractivity (Wildman–Crippen MR) is 185 cm³/mol. The second kappa shape index (κ2) is 16.5. The molecule has 4 aromatic carbocycles. The number of carbonyl (C=O) groups is 3. The minimum atomic E-state index is -1.49. The Hall–Kier alpha value is -6.02. The molecule has 0 aliphatic heterocycles. The van der Waals surface area contributed by atoms with Crippen LogP contribution in [0.5, 0.6) is 0 Å². The lowest BCUT2D eigenvalue weighted by atomic mass is 9.92. The molecule has 1 heterocycles. The van der Waals surface area contributed by atoms with Crippen LogP contribution in [0.3, 0.4) is 0 Å². The van der Waals surface area contributed by atoms with Crippen molar-refractivity contribution in [2.75, 3.05) is 13.2 Å². The number of aromatic nitrogens is 1. The van der Waals surface area contributed by atoms with Crippen molar-refractivity contribution in [2.24, 2.45) is 0 Å². The van der Waals surface area contributed by atoms with Gasteiger partial charge in [0.05, 0.1) is 12.1 Å². The molecule has 5 aromatic rings. The smallest absolute Gasteiger partial charge is 0.408 e. The number of alkyl carbamates (subject to hydrolysis) is 1. The zero-order valence-electron chi connectivity index (χ0n) is 26.7. The van der Waals surface area contributed by atoms with Crippen LogP contribution in [0.25, 0.3) is 12.2 Å². The third-order valence-corrected chi connectivity index (χ3v) is 7.54. The van der Waals surface area contributed by atoms with Gasteiger partial charge in [-0.3, -0.25) is 9.78 Å². The summed E-state index contributed by atoms with van der Waals surface area (Å²) in [7, 11) is 0. The summed E-state index contributed by atoms with van der Waals surface area (Å²) in [5.74, 6) is -0.998. The Balaban J connectivity index is 1.38. The van der Waals surface area contributed by atoms with Crippen LogP contribution in [0.2, 0.25) is 0 Å². The number of rotatable bonds is 12. The highest BCUT2D eigenvalue weighted by Gasteiger charge is 2.37. The van der Waals surface area contributed by atoms with Crippen molar-refractivity contribution in [1.29, 1.82) is 0 Å². The molecule has 0 saturated carbocycles. The Bertz CT molecular complexity index is 1940. The average Bonchev–Trinajstić information content (AvgIpc) is 3.12. The fourth-order valence-corrected chi connectivity index (χ4v) is 5.08. The van der Waals surface area contributed by atoms with E-state index in [9.17, 15) is 14.4 Å². The van der Waals surface area contributed by atoms with E-state index in [1.165, 1.54) is 6.20 Å². The maximum absolute atomic E-state index is 13.6. The summed E-state index contributed by atoms with van der Waals surface area (Å²) >= 11 is 0. The number of amides is 2. The van der Waals surface area contributed by atoms with Gasteiger partial charge in [-0.1, -0.05) is 109 Å². The van der Waals surface area contributed by atoms with E-state index < -0.39 is 17.6 Å². The number of carbonyl (C=O) groups excluding carboxylic acids is 3. The highest BCUT2D eigenvalue weighted by molar-refractivity contribution is 5.93. The molecule has 0 bridgehead atoms. The first-order valence-electron chi connectivity index (χ1n) is 15.6. The summed E-state index contributed by atoms with van der Waals surface area (Å²) in [6, 6.07) is 38.6. The van der Waals surface area contributed by atoms with E-state index in [-0.39, 0.29) is 32.1 Å². The molecular formula is C40H37N3O5. The molecule has 0 saturated heterocycles. The SMILES string of the molecule is C[C@@](Cc1ccc(=Cc2ccccc2)c(=Cc2ccccc2)c1)(NC(=O)OCc1ccccc1)C(=O)OCCNC(=O)c1cccnc1. The molecule has 0 unspecified atom stereocenters. The van der Waals surface area contributed by atoms with Gasteiger partial charge >= 0.3 is 12.1 Å². The standard InChI is InChI=1S/C40H37N3O5/c1-40(43-39(46)48-29-32-16-9-4-10-17-32,38(45)47-23-22-42-37(44)35-18-11-21-41-28-35)27-33-19-20-34(24-30-12-5-2-6-13-30)36(26-33)25-31-14-7-3-8-15-31/h2-21,24-26,28H,22-23,27,29H2,1H3,(H,42,44)(H,43,46)/t40-/m0/s1. The van der Waals surface area contributed by atoms with E-state index in [1.54, 1.807) is 25.3 Å². The zero-order chi connectivity index (χ0) is 33.6. The lowest BCUT2D eigenvalue weighted by Crippen LogP contribution is -2.55. The van der Waals surface area contributed by atoms with E-state index in [0.29, 0.717) is 5.56 Å². The number of ether oxygens (including phenoxy) is 2. The van der Waals surface area contributed by atoms with Crippen molar-refractivity contribution in [1.82, 2.24) is 15.6 Å². The topological polar surface area (TPSA) is 107 Å². The van der Waals surface area contributed by atoms with Gasteiger partial charge in [0.2, 0.25) is 0 Å². The molecule has 1 atom stereocenters. The van der Waals surface area contributed by atoms with Crippen molar-refractivity contribution in [2.45, 2.75) is 25.5 Å². The third-order valence-electron chi connectivity index (χ3n) is 7.54. The van der Waals surface area contributed by atoms with Crippen LogP contribution >= 0.6 is 0 Å². The molecule has 2 N–H and O–H groups in total. The molecule has 8 heteroatoms. The lowest BCUT2D eigenvalue weighted by molar-refractivity contribution is -0.150. The molecule has 0 aliphatic rings. The summed E-state index contributed by atoms with van der Waals surface area (Å²) in [5.41, 5.74) is 2.60. The number of benzene rings is 4. The highest BCUT2D eigenvalue weighted by atomic mass is 16.6. The molecule has 2 amide bonds. The van der Waals surface area contributed by atoms with Gasteiger partial charge in [0.25, 0.3) is 5.91 Å². The summed E-state index contributed by atoms with van der Waals surface area (Å²) in [6.45, 7) is 1.63. The molecule has 0 fully saturated rings. The fraction of sp³-hybridized carbons (Fsp3) is 0.150. The first kappa shape index (κ1) is 33.3. The largest absolute Gasteiger partial charge is 0.462 e. The van der Waals surface area contributed by atoms with E-state index in [1.807, 2.05) is 109 Å². The number of esters is 1. The van der Waals surface area contributed by atoms with E-state index in [0.717, 1.165) is 32.7 Å². The summed E-state index contributed by atoms with van der Waals surface area (Å²) < 4.78 is 11.1. The Morgan fingerprint density at radius 1 is 0.729 bits per heavy atom. The molecule has 0 spiro atoms. The second-order valence-corrected chi connectivity index (χ2v) is 11.4. The Morgan fingerprint density at radius 3 is 2.02 bits per heavy atom. The van der Waals surface area contributed by atoms with Crippen LogP contribution in [0, 0.1) is 0 Å². The van der Waals surface area contributed by atoms with Crippen LogP contribution in [0.15, 0.2) is 134 Å². The lowest BCUT2D eigenvalue weighted by Gasteiger charge is -2.28. The number of hydrogen-bond donors (Lipinski definition) is 2. The number of hydrogen-bond acceptors (Lipinski definition) is 6. The van der Waals surface area contributed by atoms with Crippen molar-refractivity contribution >= 4 is 30.1 Å². The van der Waals surface area contributed by atoms with Crippen LogP contribution in [-0.4, -0.2) is 41.6 Å². The van der Waals surface area contributed by atoms with Crippen molar-refractivity contribution in [3.63, 3.8) is 0 Å². The summed E-state index contributed by atoms with van der Waals surface area (Å²) in [5, 5.41) is 7.42. The van der Waals surface area contributed by atoms with Gasteiger partial charge in [-0.25, -0.2) is 9.59 Å². The van der Waals surface area contributed by atoms with Crippen LogP contribution in [0.1, 0.15) is 39.5 Å². The molecular weight excluding hydrogens is 602 g/mol. The minimum Gasteiger partial charge on any atom is -0.462 e. The van der Waals surface area contributed by atoms with Crippen molar-refractivity contribution in [3.8, 4) is 0 Å².